The molecule has 1 aliphatic heterocycles. The molecule has 21 heavy (non-hydrogen) atoms. The van der Waals surface area contributed by atoms with E-state index in [9.17, 15) is 5.26 Å². The molecule has 1 aromatic carbocycles. The van der Waals surface area contributed by atoms with Gasteiger partial charge in [0.15, 0.2) is 0 Å². The number of nitrogens with zero attached hydrogens (tertiary/aromatic N) is 5. The van der Waals surface area contributed by atoms with Crippen molar-refractivity contribution in [3.8, 4) is 6.07 Å². The smallest absolute Gasteiger partial charge is 0.101 e. The highest BCUT2D eigenvalue weighted by atomic mass is 15.3. The molecule has 0 unspecified atom stereocenters. The fourth-order valence-electron chi connectivity index (χ4n) is 2.64. The molecule has 5 nitrogen and oxygen atoms in total. The Bertz CT molecular complexity index is 627. The maximum absolute atomic E-state index is 9.19. The molecular weight excluding hydrogens is 262 g/mol. The topological polar surface area (TPSA) is 56.1 Å². The van der Waals surface area contributed by atoms with Gasteiger partial charge in [-0.2, -0.15) is 15.5 Å². The summed E-state index contributed by atoms with van der Waals surface area (Å²) in [7, 11) is 0. The van der Waals surface area contributed by atoms with Gasteiger partial charge in [-0.3, -0.25) is 4.90 Å². The summed E-state index contributed by atoms with van der Waals surface area (Å²) < 4.78 is 0. The lowest BCUT2D eigenvalue weighted by Gasteiger charge is -2.36. The normalized spacial score (nSPS) is 15.7. The van der Waals surface area contributed by atoms with E-state index in [2.05, 4.69) is 26.1 Å². The lowest BCUT2D eigenvalue weighted by atomic mass is 10.1. The summed E-state index contributed by atoms with van der Waals surface area (Å²) in [5.74, 6) is 0. The van der Waals surface area contributed by atoms with Crippen LogP contribution in [0.5, 0.6) is 0 Å². The molecule has 0 N–H and O–H groups in total. The van der Waals surface area contributed by atoms with Crippen molar-refractivity contribution in [2.75, 3.05) is 31.1 Å². The maximum atomic E-state index is 9.19. The van der Waals surface area contributed by atoms with Gasteiger partial charge in [0.25, 0.3) is 0 Å². The highest BCUT2D eigenvalue weighted by molar-refractivity contribution is 5.59. The summed E-state index contributed by atoms with van der Waals surface area (Å²) in [4.78, 5) is 4.65. The number of anilines is 1. The van der Waals surface area contributed by atoms with Crippen molar-refractivity contribution in [2.45, 2.75) is 6.54 Å². The molecule has 0 aliphatic carbocycles. The first-order valence-electron chi connectivity index (χ1n) is 7.10. The standard InChI is InChI=1S/C16H17N5/c17-12-14-4-1-2-6-16(14)21-10-8-20(9-11-21)13-15-5-3-7-18-19-15/h1-7H,8-11,13H2. The van der Waals surface area contributed by atoms with Crippen LogP contribution in [0.4, 0.5) is 5.69 Å². The zero-order valence-corrected chi connectivity index (χ0v) is 11.8. The lowest BCUT2D eigenvalue weighted by Crippen LogP contribution is -2.46. The van der Waals surface area contributed by atoms with Crippen LogP contribution in [0.1, 0.15) is 11.3 Å². The van der Waals surface area contributed by atoms with Gasteiger partial charge in [0.1, 0.15) is 6.07 Å². The summed E-state index contributed by atoms with van der Waals surface area (Å²) in [6, 6.07) is 14.0. The van der Waals surface area contributed by atoms with Crippen molar-refractivity contribution >= 4 is 5.69 Å². The molecule has 1 saturated heterocycles. The summed E-state index contributed by atoms with van der Waals surface area (Å²) >= 11 is 0. The third kappa shape index (κ3) is 3.18. The van der Waals surface area contributed by atoms with Crippen LogP contribution in [0, 0.1) is 11.3 Å². The van der Waals surface area contributed by atoms with Gasteiger partial charge in [0, 0.05) is 38.9 Å². The van der Waals surface area contributed by atoms with Crippen LogP contribution in [0.2, 0.25) is 0 Å². The molecule has 5 heteroatoms. The van der Waals surface area contributed by atoms with Crippen LogP contribution in [-0.2, 0) is 6.54 Å². The minimum atomic E-state index is 0.750. The van der Waals surface area contributed by atoms with Crippen molar-refractivity contribution in [3.63, 3.8) is 0 Å². The van der Waals surface area contributed by atoms with Crippen molar-refractivity contribution in [3.05, 3.63) is 53.9 Å². The van der Waals surface area contributed by atoms with E-state index in [0.717, 1.165) is 49.7 Å². The van der Waals surface area contributed by atoms with Crippen molar-refractivity contribution in [2.24, 2.45) is 0 Å². The molecular formula is C16H17N5. The Hall–Kier alpha value is -2.45. The SMILES string of the molecule is N#Cc1ccccc1N1CCN(Cc2cccnn2)CC1. The van der Waals surface area contributed by atoms with Crippen LogP contribution < -0.4 is 4.90 Å². The minimum absolute atomic E-state index is 0.750. The van der Waals surface area contributed by atoms with E-state index in [4.69, 9.17) is 0 Å². The van der Waals surface area contributed by atoms with Crippen molar-refractivity contribution in [1.29, 1.82) is 5.26 Å². The molecule has 0 radical (unpaired) electrons. The fourth-order valence-corrected chi connectivity index (χ4v) is 2.64. The van der Waals surface area contributed by atoms with E-state index >= 15 is 0 Å². The average molecular weight is 279 g/mol. The Morgan fingerprint density at radius 1 is 1.05 bits per heavy atom. The molecule has 0 saturated carbocycles. The van der Waals surface area contributed by atoms with E-state index in [1.54, 1.807) is 6.20 Å². The molecule has 0 atom stereocenters. The Balaban J connectivity index is 1.62. The van der Waals surface area contributed by atoms with Gasteiger partial charge in [-0.1, -0.05) is 12.1 Å². The van der Waals surface area contributed by atoms with E-state index < -0.39 is 0 Å². The van der Waals surface area contributed by atoms with Gasteiger partial charge in [-0.25, -0.2) is 0 Å². The summed E-state index contributed by atoms with van der Waals surface area (Å²) in [6.07, 6.45) is 1.69. The lowest BCUT2D eigenvalue weighted by molar-refractivity contribution is 0.246. The Morgan fingerprint density at radius 2 is 1.86 bits per heavy atom. The summed E-state index contributed by atoms with van der Waals surface area (Å²) in [6.45, 7) is 4.63. The fraction of sp³-hybridized carbons (Fsp3) is 0.312. The van der Waals surface area contributed by atoms with Gasteiger partial charge in [0.2, 0.25) is 0 Å². The molecule has 0 bridgehead atoms. The molecule has 0 spiro atoms. The number of hydrogen-bond donors (Lipinski definition) is 0. The predicted octanol–water partition coefficient (Wildman–Crippen LogP) is 1.67. The quantitative estimate of drug-likeness (QED) is 0.855. The number of para-hydroxylation sites is 1. The van der Waals surface area contributed by atoms with Crippen LogP contribution in [-0.4, -0.2) is 41.3 Å². The van der Waals surface area contributed by atoms with Gasteiger partial charge < -0.3 is 4.90 Å². The number of piperazine rings is 1. The third-order valence-electron chi connectivity index (χ3n) is 3.75. The second-order valence-electron chi connectivity index (χ2n) is 5.11. The number of benzene rings is 1. The number of aromatic nitrogens is 2. The van der Waals surface area contributed by atoms with Crippen molar-refractivity contribution in [1.82, 2.24) is 15.1 Å². The first kappa shape index (κ1) is 13.5. The Morgan fingerprint density at radius 3 is 2.57 bits per heavy atom. The van der Waals surface area contributed by atoms with Crippen LogP contribution >= 0.6 is 0 Å². The first-order chi connectivity index (χ1) is 10.4. The zero-order valence-electron chi connectivity index (χ0n) is 11.8. The summed E-state index contributed by atoms with van der Waals surface area (Å²) in [5.41, 5.74) is 2.79. The van der Waals surface area contributed by atoms with Gasteiger partial charge in [0.05, 0.1) is 16.9 Å². The Labute approximate surface area is 124 Å². The number of nitriles is 1. The molecule has 2 heterocycles. The highest BCUT2D eigenvalue weighted by Crippen LogP contribution is 2.21. The molecule has 1 aromatic heterocycles. The van der Waals surface area contributed by atoms with Crippen molar-refractivity contribution < 1.29 is 0 Å². The molecule has 1 aliphatic rings. The summed E-state index contributed by atoms with van der Waals surface area (Å²) in [5, 5.41) is 17.2. The highest BCUT2D eigenvalue weighted by Gasteiger charge is 2.19. The van der Waals surface area contributed by atoms with E-state index in [1.807, 2.05) is 36.4 Å². The molecule has 2 aromatic rings. The molecule has 106 valence electrons. The van der Waals surface area contributed by atoms with Gasteiger partial charge in [-0.05, 0) is 24.3 Å². The first-order valence-corrected chi connectivity index (χ1v) is 7.10. The predicted molar refractivity (Wildman–Crippen MR) is 80.7 cm³/mol. The van der Waals surface area contributed by atoms with Crippen LogP contribution in [0.3, 0.4) is 0 Å². The number of hydrogen-bond acceptors (Lipinski definition) is 5. The van der Waals surface area contributed by atoms with Gasteiger partial charge >= 0.3 is 0 Å². The Kier molecular flexibility index (Phi) is 4.08. The minimum Gasteiger partial charge on any atom is -0.368 e. The van der Waals surface area contributed by atoms with E-state index in [-0.39, 0.29) is 0 Å². The average Bonchev–Trinajstić information content (AvgIpc) is 2.56. The largest absolute Gasteiger partial charge is 0.368 e. The van der Waals surface area contributed by atoms with E-state index in [0.29, 0.717) is 0 Å². The van der Waals surface area contributed by atoms with Gasteiger partial charge in [-0.15, -0.1) is 0 Å². The van der Waals surface area contributed by atoms with Crippen LogP contribution in [0.15, 0.2) is 42.6 Å². The third-order valence-corrected chi connectivity index (χ3v) is 3.75. The number of rotatable bonds is 3. The maximum Gasteiger partial charge on any atom is 0.101 e. The van der Waals surface area contributed by atoms with Crippen LogP contribution in [0.25, 0.3) is 0 Å². The zero-order chi connectivity index (χ0) is 14.5. The molecule has 3 rings (SSSR count). The second kappa shape index (κ2) is 6.33. The van der Waals surface area contributed by atoms with E-state index in [1.165, 1.54) is 0 Å². The molecule has 1 fully saturated rings. The molecule has 0 amide bonds. The monoisotopic (exact) mass is 279 g/mol. The second-order valence-corrected chi connectivity index (χ2v) is 5.11.